The van der Waals surface area contributed by atoms with E-state index in [1.54, 1.807) is 0 Å². The fraction of sp³-hybridized carbons (Fsp3) is 0.300. The van der Waals surface area contributed by atoms with Gasteiger partial charge in [-0.15, -0.1) is 0 Å². The molecule has 0 aromatic carbocycles. The second-order valence-corrected chi connectivity index (χ2v) is 3.13. The summed E-state index contributed by atoms with van der Waals surface area (Å²) >= 11 is 5.66. The monoisotopic (exact) mass is 233 g/mol. The summed E-state index contributed by atoms with van der Waals surface area (Å²) in [5.74, 6) is 0. The van der Waals surface area contributed by atoms with E-state index in [-0.39, 0.29) is 10.7 Å². The number of nitrogens with zero attached hydrogens (tertiary/aromatic N) is 1. The van der Waals surface area contributed by atoms with Crippen molar-refractivity contribution in [2.24, 2.45) is 0 Å². The minimum absolute atomic E-state index is 0.233. The van der Waals surface area contributed by atoms with Gasteiger partial charge in [0.1, 0.15) is 5.69 Å². The van der Waals surface area contributed by atoms with Crippen LogP contribution in [0.1, 0.15) is 24.7 Å². The van der Waals surface area contributed by atoms with Crippen molar-refractivity contribution in [3.8, 4) is 0 Å². The van der Waals surface area contributed by atoms with Gasteiger partial charge in [0.05, 0.1) is 18.6 Å². The number of alkyl halides is 2. The van der Waals surface area contributed by atoms with Crippen LogP contribution in [0.15, 0.2) is 18.4 Å². The third-order valence-corrected chi connectivity index (χ3v) is 1.77. The zero-order chi connectivity index (χ0) is 11.3. The predicted molar refractivity (Wildman–Crippen MR) is 54.9 cm³/mol. The van der Waals surface area contributed by atoms with Crippen LogP contribution in [0.3, 0.4) is 0 Å². The van der Waals surface area contributed by atoms with Gasteiger partial charge in [-0.3, -0.25) is 0 Å². The molecule has 1 rings (SSSR count). The summed E-state index contributed by atoms with van der Waals surface area (Å²) in [7, 11) is 0. The normalized spacial score (nSPS) is 11.3. The highest BCUT2D eigenvalue weighted by Gasteiger charge is 2.10. The maximum absolute atomic E-state index is 12.3. The summed E-state index contributed by atoms with van der Waals surface area (Å²) < 4.78 is 29.6. The zero-order valence-corrected chi connectivity index (χ0v) is 8.84. The Hall–Kier alpha value is -1.16. The lowest BCUT2D eigenvalue weighted by Gasteiger charge is -2.01. The molecule has 0 radical (unpaired) electrons. The molecule has 0 amide bonds. The molecule has 1 heterocycles. The highest BCUT2D eigenvalue weighted by Crippen LogP contribution is 2.21. The molecule has 0 unspecified atom stereocenters. The molecule has 0 aliphatic rings. The van der Waals surface area contributed by atoms with Crippen molar-refractivity contribution in [1.82, 2.24) is 4.98 Å². The minimum Gasteiger partial charge on any atom is -0.501 e. The van der Waals surface area contributed by atoms with Crippen LogP contribution >= 0.6 is 11.6 Å². The van der Waals surface area contributed by atoms with Crippen molar-refractivity contribution in [1.29, 1.82) is 0 Å². The summed E-state index contributed by atoms with van der Waals surface area (Å²) in [6.07, 6.45) is 0.262. The molecule has 0 aliphatic heterocycles. The van der Waals surface area contributed by atoms with E-state index in [4.69, 9.17) is 16.3 Å². The molecule has 1 aromatic heterocycles. The molecule has 2 nitrogen and oxygen atoms in total. The maximum atomic E-state index is 12.3. The van der Waals surface area contributed by atoms with E-state index in [2.05, 4.69) is 4.98 Å². The van der Waals surface area contributed by atoms with Gasteiger partial charge in [-0.25, -0.2) is 13.8 Å². The van der Waals surface area contributed by atoms with Gasteiger partial charge in [0.25, 0.3) is 6.43 Å². The first kappa shape index (κ1) is 11.9. The highest BCUT2D eigenvalue weighted by molar-refractivity contribution is 6.30. The minimum atomic E-state index is -2.62. The van der Waals surface area contributed by atoms with Crippen molar-refractivity contribution in [3.05, 3.63) is 34.8 Å². The Morgan fingerprint density at radius 1 is 1.53 bits per heavy atom. The average Bonchev–Trinajstić information content (AvgIpc) is 2.17. The van der Waals surface area contributed by atoms with Crippen LogP contribution in [0.25, 0.3) is 6.08 Å². The van der Waals surface area contributed by atoms with Gasteiger partial charge < -0.3 is 4.74 Å². The number of hydrogen-bond acceptors (Lipinski definition) is 2. The fourth-order valence-electron chi connectivity index (χ4n) is 0.949. The molecule has 0 N–H and O–H groups in total. The lowest BCUT2D eigenvalue weighted by molar-refractivity contribution is 0.146. The number of halogens is 3. The van der Waals surface area contributed by atoms with Crippen LogP contribution in [0, 0.1) is 0 Å². The van der Waals surface area contributed by atoms with Crippen molar-refractivity contribution in [2.45, 2.75) is 13.3 Å². The van der Waals surface area contributed by atoms with Gasteiger partial charge in [0.2, 0.25) is 0 Å². The Balaban J connectivity index is 2.88. The second-order valence-electron chi connectivity index (χ2n) is 2.69. The van der Waals surface area contributed by atoms with Crippen LogP contribution in [0.2, 0.25) is 5.02 Å². The first-order chi connectivity index (χ1) is 7.13. The van der Waals surface area contributed by atoms with E-state index in [0.29, 0.717) is 12.3 Å². The molecule has 5 heteroatoms. The number of pyridine rings is 1. The lowest BCUT2D eigenvalue weighted by Crippen LogP contribution is -1.92. The first-order valence-corrected chi connectivity index (χ1v) is 4.75. The summed E-state index contributed by atoms with van der Waals surface area (Å²) in [5.41, 5.74) is 0.0184. The third kappa shape index (κ3) is 3.83. The number of hydrogen-bond donors (Lipinski definition) is 0. The zero-order valence-electron chi connectivity index (χ0n) is 8.08. The Morgan fingerprint density at radius 2 is 2.27 bits per heavy atom. The molecule has 82 valence electrons. The van der Waals surface area contributed by atoms with Crippen molar-refractivity contribution < 1.29 is 13.5 Å². The predicted octanol–water partition coefficient (Wildman–Crippen LogP) is 3.68. The Labute approximate surface area is 91.5 Å². The van der Waals surface area contributed by atoms with E-state index < -0.39 is 6.43 Å². The van der Waals surface area contributed by atoms with E-state index in [1.165, 1.54) is 18.4 Å². The van der Waals surface area contributed by atoms with Gasteiger partial charge in [-0.1, -0.05) is 11.6 Å². The SMILES string of the molecule is CCOC=Cc1cc(Cl)cc(C(F)F)n1. The number of aromatic nitrogens is 1. The topological polar surface area (TPSA) is 22.1 Å². The molecular formula is C10H10ClF2NO. The Bertz CT molecular complexity index is 355. The molecule has 0 spiro atoms. The smallest absolute Gasteiger partial charge is 0.280 e. The van der Waals surface area contributed by atoms with E-state index in [0.717, 1.165) is 6.07 Å². The molecule has 0 fully saturated rings. The number of ether oxygens (including phenoxy) is 1. The van der Waals surface area contributed by atoms with Crippen LogP contribution in [0.4, 0.5) is 8.78 Å². The second kappa shape index (κ2) is 5.66. The first-order valence-electron chi connectivity index (χ1n) is 4.37. The summed E-state index contributed by atoms with van der Waals surface area (Å²) in [6.45, 7) is 2.33. The van der Waals surface area contributed by atoms with Crippen molar-refractivity contribution >= 4 is 17.7 Å². The number of rotatable bonds is 4. The molecule has 15 heavy (non-hydrogen) atoms. The van der Waals surface area contributed by atoms with Crippen LogP contribution < -0.4 is 0 Å². The van der Waals surface area contributed by atoms with Crippen LogP contribution in [-0.4, -0.2) is 11.6 Å². The lowest BCUT2D eigenvalue weighted by atomic mass is 10.3. The van der Waals surface area contributed by atoms with Gasteiger partial charge in [-0.05, 0) is 25.1 Å². The summed E-state index contributed by atoms with van der Waals surface area (Å²) in [5, 5.41) is 0.233. The molecule has 0 atom stereocenters. The molecular weight excluding hydrogens is 224 g/mol. The van der Waals surface area contributed by atoms with Crippen molar-refractivity contribution in [3.63, 3.8) is 0 Å². The van der Waals surface area contributed by atoms with Crippen LogP contribution in [0.5, 0.6) is 0 Å². The summed E-state index contributed by atoms with van der Waals surface area (Å²) in [6, 6.07) is 2.63. The third-order valence-electron chi connectivity index (χ3n) is 1.56. The van der Waals surface area contributed by atoms with E-state index >= 15 is 0 Å². The van der Waals surface area contributed by atoms with Gasteiger partial charge >= 0.3 is 0 Å². The molecule has 0 saturated carbocycles. The summed E-state index contributed by atoms with van der Waals surface area (Å²) in [4.78, 5) is 3.70. The standard InChI is InChI=1S/C10H10ClF2NO/c1-2-15-4-3-8-5-7(11)6-9(14-8)10(12)13/h3-6,10H,2H2,1H3. The largest absolute Gasteiger partial charge is 0.501 e. The average molecular weight is 234 g/mol. The fourth-order valence-corrected chi connectivity index (χ4v) is 1.17. The Morgan fingerprint density at radius 3 is 2.87 bits per heavy atom. The highest BCUT2D eigenvalue weighted by atomic mass is 35.5. The van der Waals surface area contributed by atoms with E-state index in [1.807, 2.05) is 6.92 Å². The van der Waals surface area contributed by atoms with Gasteiger partial charge in [0.15, 0.2) is 0 Å². The molecule has 0 aliphatic carbocycles. The molecule has 0 bridgehead atoms. The van der Waals surface area contributed by atoms with Crippen molar-refractivity contribution in [2.75, 3.05) is 6.61 Å². The van der Waals surface area contributed by atoms with Crippen LogP contribution in [-0.2, 0) is 4.74 Å². The van der Waals surface area contributed by atoms with E-state index in [9.17, 15) is 8.78 Å². The van der Waals surface area contributed by atoms with Gasteiger partial charge in [0, 0.05) is 5.02 Å². The molecule has 1 aromatic rings. The maximum Gasteiger partial charge on any atom is 0.280 e. The quantitative estimate of drug-likeness (QED) is 0.740. The van der Waals surface area contributed by atoms with Gasteiger partial charge in [-0.2, -0.15) is 0 Å². The molecule has 0 saturated heterocycles. The Kier molecular flexibility index (Phi) is 4.49.